The summed E-state index contributed by atoms with van der Waals surface area (Å²) in [6.45, 7) is 1.83. The third kappa shape index (κ3) is 3.40. The van der Waals surface area contributed by atoms with Gasteiger partial charge >= 0.3 is 0 Å². The Morgan fingerprint density at radius 1 is 1.04 bits per heavy atom. The van der Waals surface area contributed by atoms with E-state index in [-0.39, 0.29) is 0 Å². The molecule has 0 spiro atoms. The van der Waals surface area contributed by atoms with Crippen LogP contribution in [0.1, 0.15) is 5.69 Å². The van der Waals surface area contributed by atoms with Crippen LogP contribution in [0.4, 0.5) is 11.6 Å². The summed E-state index contributed by atoms with van der Waals surface area (Å²) in [5.41, 5.74) is 1.78. The van der Waals surface area contributed by atoms with Crippen LogP contribution >= 0.6 is 0 Å². The molecule has 0 amide bonds. The summed E-state index contributed by atoms with van der Waals surface area (Å²) in [6.07, 6.45) is 1.49. The van der Waals surface area contributed by atoms with Crippen molar-refractivity contribution in [3.05, 3.63) is 54.5 Å². The lowest BCUT2D eigenvalue weighted by molar-refractivity contribution is 0.181. The predicted molar refractivity (Wildman–Crippen MR) is 100 cm³/mol. The van der Waals surface area contributed by atoms with Crippen LogP contribution in [0.3, 0.4) is 0 Å². The van der Waals surface area contributed by atoms with E-state index in [1.54, 1.807) is 11.6 Å². The van der Waals surface area contributed by atoms with Crippen molar-refractivity contribution in [2.45, 2.75) is 6.61 Å². The van der Waals surface area contributed by atoms with Crippen LogP contribution < -0.4 is 10.6 Å². The van der Waals surface area contributed by atoms with E-state index in [2.05, 4.69) is 42.8 Å². The molecule has 0 aliphatic heterocycles. The molecule has 0 aliphatic carbocycles. The van der Waals surface area contributed by atoms with Gasteiger partial charge in [0.25, 0.3) is 5.78 Å². The van der Waals surface area contributed by atoms with E-state index in [1.807, 2.05) is 30.3 Å². The lowest BCUT2D eigenvalue weighted by atomic mass is 10.2. The Hall–Kier alpha value is -3.26. The van der Waals surface area contributed by atoms with Crippen LogP contribution in [-0.4, -0.2) is 44.8 Å². The van der Waals surface area contributed by atoms with Gasteiger partial charge in [0.2, 0.25) is 0 Å². The minimum absolute atomic E-state index is 0.428. The molecular formula is C18H19N7O. The molecule has 8 nitrogen and oxygen atoms in total. The van der Waals surface area contributed by atoms with Crippen LogP contribution in [0.2, 0.25) is 0 Å². The summed E-state index contributed by atoms with van der Waals surface area (Å²) in [4.78, 5) is 13.1. The maximum absolute atomic E-state index is 5.16. The molecule has 26 heavy (non-hydrogen) atoms. The van der Waals surface area contributed by atoms with Gasteiger partial charge in [-0.1, -0.05) is 18.2 Å². The fourth-order valence-corrected chi connectivity index (χ4v) is 2.75. The molecule has 8 heteroatoms. The maximum Gasteiger partial charge on any atom is 0.254 e. The molecule has 0 aliphatic rings. The summed E-state index contributed by atoms with van der Waals surface area (Å²) < 4.78 is 6.83. The number of hydrogen-bond donors (Lipinski definition) is 2. The number of nitrogens with one attached hydrogen (secondary N) is 2. The second-order valence-corrected chi connectivity index (χ2v) is 5.78. The normalized spacial score (nSPS) is 11.1. The van der Waals surface area contributed by atoms with Gasteiger partial charge in [0.05, 0.1) is 17.8 Å². The van der Waals surface area contributed by atoms with E-state index >= 15 is 0 Å². The molecule has 0 unspecified atom stereocenters. The summed E-state index contributed by atoms with van der Waals surface area (Å²) in [6, 6.07) is 14.0. The van der Waals surface area contributed by atoms with E-state index in [1.165, 1.54) is 6.33 Å². The highest BCUT2D eigenvalue weighted by Gasteiger charge is 2.07. The number of ether oxygens (including phenoxy) is 1. The zero-order valence-electron chi connectivity index (χ0n) is 14.4. The van der Waals surface area contributed by atoms with Crippen molar-refractivity contribution in [2.75, 3.05) is 30.8 Å². The van der Waals surface area contributed by atoms with Gasteiger partial charge in [-0.15, -0.1) is 0 Å². The lowest BCUT2D eigenvalue weighted by Crippen LogP contribution is -2.16. The largest absolute Gasteiger partial charge is 0.378 e. The van der Waals surface area contributed by atoms with E-state index in [0.29, 0.717) is 25.5 Å². The zero-order valence-corrected chi connectivity index (χ0v) is 14.4. The average molecular weight is 349 g/mol. The van der Waals surface area contributed by atoms with Gasteiger partial charge in [-0.3, -0.25) is 0 Å². The topological polar surface area (TPSA) is 89.3 Å². The van der Waals surface area contributed by atoms with Crippen LogP contribution in [0.5, 0.6) is 0 Å². The highest BCUT2D eigenvalue weighted by Crippen LogP contribution is 2.14. The second kappa shape index (κ2) is 7.32. The summed E-state index contributed by atoms with van der Waals surface area (Å²) in [5.74, 6) is 2.23. The Balaban J connectivity index is 1.41. The molecule has 0 bridgehead atoms. The molecule has 132 valence electrons. The third-order valence-electron chi connectivity index (χ3n) is 3.93. The van der Waals surface area contributed by atoms with E-state index in [4.69, 9.17) is 4.74 Å². The van der Waals surface area contributed by atoms with Gasteiger partial charge < -0.3 is 15.4 Å². The lowest BCUT2D eigenvalue weighted by Gasteiger charge is -2.11. The van der Waals surface area contributed by atoms with Crippen molar-refractivity contribution in [3.8, 4) is 0 Å². The number of para-hydroxylation sites is 1. The first kappa shape index (κ1) is 16.2. The molecule has 0 radical (unpaired) electrons. The van der Waals surface area contributed by atoms with Crippen LogP contribution in [0, 0.1) is 0 Å². The van der Waals surface area contributed by atoms with Crippen molar-refractivity contribution in [1.82, 2.24) is 24.6 Å². The van der Waals surface area contributed by atoms with Gasteiger partial charge in [0.15, 0.2) is 0 Å². The summed E-state index contributed by atoms with van der Waals surface area (Å²) >= 11 is 0. The number of pyridine rings is 1. The van der Waals surface area contributed by atoms with Crippen molar-refractivity contribution in [3.63, 3.8) is 0 Å². The van der Waals surface area contributed by atoms with Gasteiger partial charge in [-0.25, -0.2) is 9.97 Å². The molecule has 0 saturated heterocycles. The van der Waals surface area contributed by atoms with Crippen LogP contribution in [-0.2, 0) is 11.3 Å². The van der Waals surface area contributed by atoms with E-state index in [0.717, 1.165) is 28.2 Å². The minimum Gasteiger partial charge on any atom is -0.378 e. The minimum atomic E-state index is 0.428. The summed E-state index contributed by atoms with van der Waals surface area (Å²) in [5, 5.41) is 12.0. The van der Waals surface area contributed by atoms with Crippen molar-refractivity contribution >= 4 is 28.3 Å². The number of nitrogens with zero attached hydrogens (tertiary/aromatic N) is 5. The first-order chi connectivity index (χ1) is 12.8. The molecule has 0 atom stereocenters. The first-order valence-corrected chi connectivity index (χ1v) is 8.35. The number of rotatable bonds is 7. The van der Waals surface area contributed by atoms with Gasteiger partial charge in [0.1, 0.15) is 18.0 Å². The Kier molecular flexibility index (Phi) is 4.57. The Labute approximate surface area is 150 Å². The standard InChI is InChI=1S/C18H19N7O/c1-26-11-14-10-17(25-18(23-14)21-12-22-25)20-9-8-19-16-7-6-13-4-2-3-5-15(13)24-16/h2-7,10,12,20H,8-9,11H2,1H3,(H,19,24). The SMILES string of the molecule is COCc1cc(NCCNc2ccc3ccccc3n2)n2ncnc2n1. The van der Waals surface area contributed by atoms with E-state index in [9.17, 15) is 0 Å². The first-order valence-electron chi connectivity index (χ1n) is 8.35. The maximum atomic E-state index is 5.16. The highest BCUT2D eigenvalue weighted by atomic mass is 16.5. The molecule has 4 aromatic rings. The average Bonchev–Trinajstić information content (AvgIpc) is 3.14. The molecular weight excluding hydrogens is 330 g/mol. The Bertz CT molecular complexity index is 1030. The molecule has 0 fully saturated rings. The van der Waals surface area contributed by atoms with Crippen LogP contribution in [0.15, 0.2) is 48.8 Å². The molecule has 3 heterocycles. The van der Waals surface area contributed by atoms with Crippen molar-refractivity contribution < 1.29 is 4.74 Å². The molecule has 2 N–H and O–H groups in total. The quantitative estimate of drug-likeness (QED) is 0.495. The second-order valence-electron chi connectivity index (χ2n) is 5.78. The molecule has 0 saturated carbocycles. The fraction of sp³-hybridized carbons (Fsp3) is 0.222. The van der Waals surface area contributed by atoms with Crippen molar-refractivity contribution in [1.29, 1.82) is 0 Å². The monoisotopic (exact) mass is 349 g/mol. The van der Waals surface area contributed by atoms with Gasteiger partial charge in [-0.05, 0) is 18.2 Å². The van der Waals surface area contributed by atoms with Gasteiger partial charge in [0, 0.05) is 31.7 Å². The van der Waals surface area contributed by atoms with Gasteiger partial charge in [-0.2, -0.15) is 14.6 Å². The smallest absolute Gasteiger partial charge is 0.254 e. The third-order valence-corrected chi connectivity index (χ3v) is 3.93. The summed E-state index contributed by atoms with van der Waals surface area (Å²) in [7, 11) is 1.64. The van der Waals surface area contributed by atoms with Crippen LogP contribution in [0.25, 0.3) is 16.7 Å². The number of methoxy groups -OCH3 is 1. The zero-order chi connectivity index (χ0) is 17.8. The molecule has 3 aromatic heterocycles. The predicted octanol–water partition coefficient (Wildman–Crippen LogP) is 2.34. The number of anilines is 2. The van der Waals surface area contributed by atoms with E-state index < -0.39 is 0 Å². The fourth-order valence-electron chi connectivity index (χ4n) is 2.75. The Morgan fingerprint density at radius 3 is 2.85 bits per heavy atom. The Morgan fingerprint density at radius 2 is 1.92 bits per heavy atom. The highest BCUT2D eigenvalue weighted by molar-refractivity contribution is 5.80. The molecule has 1 aromatic carbocycles. The number of aromatic nitrogens is 5. The number of benzene rings is 1. The number of hydrogen-bond acceptors (Lipinski definition) is 7. The molecule has 4 rings (SSSR count). The van der Waals surface area contributed by atoms with Crippen molar-refractivity contribution in [2.24, 2.45) is 0 Å². The number of fused-ring (bicyclic) bond motifs is 2.